The highest BCUT2D eigenvalue weighted by Crippen LogP contribution is 2.29. The molecule has 2 fully saturated rings. The summed E-state index contributed by atoms with van der Waals surface area (Å²) in [6.45, 7) is 5.56. The summed E-state index contributed by atoms with van der Waals surface area (Å²) in [6.07, 6.45) is 0. The first-order valence-electron chi connectivity index (χ1n) is 9.76. The van der Waals surface area contributed by atoms with Gasteiger partial charge in [0.15, 0.2) is 11.6 Å². The predicted octanol–water partition coefficient (Wildman–Crippen LogP) is 1.84. The molecule has 1 aromatic carbocycles. The molecule has 2 aliphatic heterocycles. The number of ether oxygens (including phenoxy) is 1. The van der Waals surface area contributed by atoms with Crippen molar-refractivity contribution in [3.05, 3.63) is 36.1 Å². The second-order valence-electron chi connectivity index (χ2n) is 7.29. The van der Waals surface area contributed by atoms with Gasteiger partial charge in [0.05, 0.1) is 13.2 Å². The van der Waals surface area contributed by atoms with Crippen LogP contribution in [0.1, 0.15) is 0 Å². The molecule has 0 atom stereocenters. The van der Waals surface area contributed by atoms with Crippen molar-refractivity contribution in [1.29, 1.82) is 0 Å². The number of anilines is 4. The molecule has 2 aliphatic rings. The lowest BCUT2D eigenvalue weighted by Gasteiger charge is -2.37. The van der Waals surface area contributed by atoms with Gasteiger partial charge in [-0.25, -0.2) is 0 Å². The summed E-state index contributed by atoms with van der Waals surface area (Å²) in [5, 5.41) is 0. The third kappa shape index (κ3) is 3.82. The smallest absolute Gasteiger partial charge is 0.228 e. The van der Waals surface area contributed by atoms with Crippen molar-refractivity contribution in [2.45, 2.75) is 0 Å². The van der Waals surface area contributed by atoms with Crippen LogP contribution in [-0.4, -0.2) is 76.5 Å². The summed E-state index contributed by atoms with van der Waals surface area (Å²) in [5.41, 5.74) is 1.20. The van der Waals surface area contributed by atoms with Crippen molar-refractivity contribution in [2.75, 3.05) is 86.2 Å². The highest BCUT2D eigenvalue weighted by atomic mass is 19.1. The van der Waals surface area contributed by atoms with Crippen LogP contribution in [0.3, 0.4) is 0 Å². The summed E-state index contributed by atoms with van der Waals surface area (Å²) in [7, 11) is 3.76. The maximum atomic E-state index is 15.4. The van der Waals surface area contributed by atoms with Gasteiger partial charge in [-0.1, -0.05) is 18.2 Å². The molecular weight excluding hydrogens is 359 g/mol. The fourth-order valence-corrected chi connectivity index (χ4v) is 3.62. The fraction of sp³-hybridized carbons (Fsp3) is 0.500. The number of rotatable bonds is 4. The van der Waals surface area contributed by atoms with Crippen LogP contribution >= 0.6 is 0 Å². The largest absolute Gasteiger partial charge is 0.378 e. The van der Waals surface area contributed by atoms with Gasteiger partial charge in [-0.3, -0.25) is 0 Å². The Morgan fingerprint density at radius 2 is 1.36 bits per heavy atom. The number of hydrogen-bond donors (Lipinski definition) is 0. The Kier molecular flexibility index (Phi) is 5.47. The van der Waals surface area contributed by atoms with E-state index in [1.807, 2.05) is 47.0 Å². The molecule has 0 unspecified atom stereocenters. The van der Waals surface area contributed by atoms with Crippen LogP contribution in [-0.2, 0) is 4.74 Å². The molecule has 0 N–H and O–H groups in total. The third-order valence-electron chi connectivity index (χ3n) is 5.22. The second-order valence-corrected chi connectivity index (χ2v) is 7.29. The Labute approximate surface area is 165 Å². The minimum atomic E-state index is -0.333. The first-order chi connectivity index (χ1) is 13.6. The van der Waals surface area contributed by atoms with Crippen molar-refractivity contribution in [3.8, 4) is 0 Å². The molecule has 0 spiro atoms. The summed E-state index contributed by atoms with van der Waals surface area (Å²) in [6, 6.07) is 10.3. The molecule has 8 heteroatoms. The van der Waals surface area contributed by atoms with Gasteiger partial charge in [0, 0.05) is 59.1 Å². The number of morpholine rings is 1. The second kappa shape index (κ2) is 8.18. The summed E-state index contributed by atoms with van der Waals surface area (Å²) in [4.78, 5) is 17.2. The van der Waals surface area contributed by atoms with Crippen LogP contribution in [0, 0.1) is 5.82 Å². The van der Waals surface area contributed by atoms with Crippen LogP contribution in [0.2, 0.25) is 0 Å². The maximum Gasteiger partial charge on any atom is 0.228 e. The first-order valence-corrected chi connectivity index (χ1v) is 9.76. The SMILES string of the molecule is CN(C)c1nc(N2CCOCC2)c(F)c(N2CCN(c3ccccc3)CC2)n1. The number of nitrogens with zero attached hydrogens (tertiary/aromatic N) is 6. The van der Waals surface area contributed by atoms with E-state index in [1.54, 1.807) is 0 Å². The number of piperazine rings is 1. The maximum absolute atomic E-state index is 15.4. The molecule has 0 amide bonds. The molecule has 4 rings (SSSR count). The van der Waals surface area contributed by atoms with Crippen LogP contribution in [0.5, 0.6) is 0 Å². The zero-order valence-corrected chi connectivity index (χ0v) is 16.5. The molecule has 3 heterocycles. The highest BCUT2D eigenvalue weighted by molar-refractivity contribution is 5.58. The predicted molar refractivity (Wildman–Crippen MR) is 110 cm³/mol. The van der Waals surface area contributed by atoms with E-state index >= 15 is 4.39 Å². The van der Waals surface area contributed by atoms with E-state index in [1.165, 1.54) is 5.69 Å². The van der Waals surface area contributed by atoms with E-state index in [4.69, 9.17) is 4.74 Å². The molecule has 28 heavy (non-hydrogen) atoms. The molecule has 1 aromatic heterocycles. The molecule has 2 saturated heterocycles. The molecule has 0 radical (unpaired) electrons. The number of halogens is 1. The molecule has 2 aromatic rings. The summed E-state index contributed by atoms with van der Waals surface area (Å²) in [5.74, 6) is 0.972. The molecule has 7 nitrogen and oxygen atoms in total. The average Bonchev–Trinajstić information content (AvgIpc) is 2.75. The van der Waals surface area contributed by atoms with Crippen molar-refractivity contribution >= 4 is 23.3 Å². The van der Waals surface area contributed by atoms with Gasteiger partial charge in [0.2, 0.25) is 11.8 Å². The van der Waals surface area contributed by atoms with Gasteiger partial charge < -0.3 is 24.3 Å². The molecule has 150 valence electrons. The Balaban J connectivity index is 1.57. The van der Waals surface area contributed by atoms with Gasteiger partial charge in [-0.2, -0.15) is 14.4 Å². The van der Waals surface area contributed by atoms with E-state index in [-0.39, 0.29) is 5.82 Å². The van der Waals surface area contributed by atoms with Crippen molar-refractivity contribution in [2.24, 2.45) is 0 Å². The number of hydrogen-bond acceptors (Lipinski definition) is 7. The molecule has 0 saturated carbocycles. The van der Waals surface area contributed by atoms with Gasteiger partial charge in [-0.05, 0) is 12.1 Å². The lowest BCUT2D eigenvalue weighted by molar-refractivity contribution is 0.122. The summed E-state index contributed by atoms with van der Waals surface area (Å²) >= 11 is 0. The number of para-hydroxylation sites is 1. The van der Waals surface area contributed by atoms with Gasteiger partial charge in [0.1, 0.15) is 0 Å². The standard InChI is InChI=1S/C20H27FN6O/c1-24(2)20-22-18(17(21)19(23-20)27-12-14-28-15-13-27)26-10-8-25(9-11-26)16-6-4-3-5-7-16/h3-7H,8-15H2,1-2H3. The fourth-order valence-electron chi connectivity index (χ4n) is 3.62. The minimum absolute atomic E-state index is 0.333. The third-order valence-corrected chi connectivity index (χ3v) is 5.22. The zero-order valence-electron chi connectivity index (χ0n) is 16.5. The first kappa shape index (κ1) is 18.7. The average molecular weight is 386 g/mol. The van der Waals surface area contributed by atoms with Gasteiger partial charge >= 0.3 is 0 Å². The van der Waals surface area contributed by atoms with Crippen molar-refractivity contribution in [3.63, 3.8) is 0 Å². The van der Waals surface area contributed by atoms with Gasteiger partial charge in [-0.15, -0.1) is 0 Å². The monoisotopic (exact) mass is 386 g/mol. The molecule has 0 aliphatic carbocycles. The topological polar surface area (TPSA) is 48.0 Å². The van der Waals surface area contributed by atoms with E-state index < -0.39 is 0 Å². The zero-order chi connectivity index (χ0) is 19.5. The Morgan fingerprint density at radius 1 is 0.821 bits per heavy atom. The van der Waals surface area contributed by atoms with E-state index in [9.17, 15) is 0 Å². The minimum Gasteiger partial charge on any atom is -0.378 e. The summed E-state index contributed by atoms with van der Waals surface area (Å²) < 4.78 is 20.8. The van der Waals surface area contributed by atoms with Crippen LogP contribution in [0.4, 0.5) is 27.7 Å². The quantitative estimate of drug-likeness (QED) is 0.795. The normalized spacial score (nSPS) is 17.8. The lowest BCUT2D eigenvalue weighted by atomic mass is 10.2. The van der Waals surface area contributed by atoms with Crippen molar-refractivity contribution < 1.29 is 9.13 Å². The number of aromatic nitrogens is 2. The molecule has 0 bridgehead atoms. The van der Waals surface area contributed by atoms with E-state index in [0.717, 1.165) is 26.2 Å². The van der Waals surface area contributed by atoms with Crippen LogP contribution in [0.25, 0.3) is 0 Å². The van der Waals surface area contributed by atoms with E-state index in [0.29, 0.717) is 43.9 Å². The Bertz CT molecular complexity index is 789. The van der Waals surface area contributed by atoms with Crippen LogP contribution < -0.4 is 19.6 Å². The lowest BCUT2D eigenvalue weighted by Crippen LogP contribution is -2.47. The van der Waals surface area contributed by atoms with Gasteiger partial charge in [0.25, 0.3) is 0 Å². The Morgan fingerprint density at radius 3 is 1.93 bits per heavy atom. The highest BCUT2D eigenvalue weighted by Gasteiger charge is 2.27. The van der Waals surface area contributed by atoms with E-state index in [2.05, 4.69) is 27.0 Å². The number of benzene rings is 1. The molecular formula is C20H27FN6O. The van der Waals surface area contributed by atoms with Crippen LogP contribution in [0.15, 0.2) is 30.3 Å². The van der Waals surface area contributed by atoms with Crippen molar-refractivity contribution in [1.82, 2.24) is 9.97 Å². The Hall–Kier alpha value is -2.61.